The standard InChI is InChI=1S/C25H22ClF3N6O2.2ClH/c1-13-18(26)8-5-9-19(13)33-23(36)16-10-14(11-20-22(16)34-21(32-20)12-31-2)35(30)24(37)15-6-3-4-7-17(15)25(27,28)29;;/h3-11,31H,12,30H2,1-2H3,(H,32,34)(H,33,36);2*1H. The highest BCUT2D eigenvalue weighted by Gasteiger charge is 2.36. The second-order valence-corrected chi connectivity index (χ2v) is 8.60. The largest absolute Gasteiger partial charge is 0.417 e. The predicted octanol–water partition coefficient (Wildman–Crippen LogP) is 5.88. The van der Waals surface area contributed by atoms with E-state index in [0.29, 0.717) is 44.7 Å². The van der Waals surface area contributed by atoms with Gasteiger partial charge in [-0.1, -0.05) is 29.8 Å². The lowest BCUT2D eigenvalue weighted by Gasteiger charge is -2.20. The molecule has 0 unspecified atom stereocenters. The number of anilines is 2. The van der Waals surface area contributed by atoms with Crippen molar-refractivity contribution in [3.05, 3.63) is 87.7 Å². The fourth-order valence-electron chi connectivity index (χ4n) is 3.81. The van der Waals surface area contributed by atoms with Gasteiger partial charge >= 0.3 is 6.18 Å². The predicted molar refractivity (Wildman–Crippen MR) is 150 cm³/mol. The quantitative estimate of drug-likeness (QED) is 0.125. The Balaban J connectivity index is 0.00000267. The number of alkyl halides is 3. The van der Waals surface area contributed by atoms with Crippen molar-refractivity contribution in [2.24, 2.45) is 5.84 Å². The third-order valence-electron chi connectivity index (χ3n) is 5.68. The number of nitrogens with one attached hydrogen (secondary N) is 3. The van der Waals surface area contributed by atoms with Crippen LogP contribution in [0.25, 0.3) is 11.0 Å². The zero-order chi connectivity index (χ0) is 26.9. The zero-order valence-electron chi connectivity index (χ0n) is 20.5. The van der Waals surface area contributed by atoms with Gasteiger partial charge in [-0.3, -0.25) is 9.59 Å². The lowest BCUT2D eigenvalue weighted by atomic mass is 10.1. The summed E-state index contributed by atoms with van der Waals surface area (Å²) in [5.41, 5.74) is 0.0529. The average molecular weight is 604 g/mol. The first kappa shape index (κ1) is 31.9. The number of benzene rings is 3. The van der Waals surface area contributed by atoms with Crippen molar-refractivity contribution in [2.75, 3.05) is 17.4 Å². The number of halogens is 6. The second kappa shape index (κ2) is 12.7. The molecular formula is C25H24Cl3F3N6O2. The lowest BCUT2D eigenvalue weighted by Crippen LogP contribution is -2.38. The van der Waals surface area contributed by atoms with Crippen LogP contribution < -0.4 is 21.5 Å². The number of aromatic nitrogens is 2. The molecule has 4 aromatic rings. The van der Waals surface area contributed by atoms with Crippen molar-refractivity contribution in [3.63, 3.8) is 0 Å². The summed E-state index contributed by atoms with van der Waals surface area (Å²) in [6.45, 7) is 2.09. The van der Waals surface area contributed by atoms with Gasteiger partial charge in [0.05, 0.1) is 34.4 Å². The van der Waals surface area contributed by atoms with Crippen molar-refractivity contribution >= 4 is 70.6 Å². The fraction of sp³-hybridized carbons (Fsp3) is 0.160. The number of nitrogens with two attached hydrogens (primary N) is 1. The summed E-state index contributed by atoms with van der Waals surface area (Å²) in [4.78, 5) is 33.9. The number of nitrogens with zero attached hydrogens (tertiary/aromatic N) is 2. The van der Waals surface area contributed by atoms with Crippen LogP contribution in [0, 0.1) is 6.92 Å². The minimum atomic E-state index is -4.76. The molecule has 0 aliphatic heterocycles. The van der Waals surface area contributed by atoms with E-state index in [1.807, 2.05) is 0 Å². The lowest BCUT2D eigenvalue weighted by molar-refractivity contribution is -0.137. The number of fused-ring (bicyclic) bond motifs is 1. The Kier molecular flexibility index (Phi) is 10.4. The number of carbonyl (C=O) groups is 2. The number of H-pyrrole nitrogens is 1. The number of imidazole rings is 1. The van der Waals surface area contributed by atoms with Crippen LogP contribution in [0.2, 0.25) is 5.02 Å². The monoisotopic (exact) mass is 602 g/mol. The first-order valence-electron chi connectivity index (χ1n) is 11.0. The number of hydrogen-bond donors (Lipinski definition) is 4. The molecule has 0 atom stereocenters. The number of hydrazine groups is 1. The van der Waals surface area contributed by atoms with Gasteiger partial charge in [-0.25, -0.2) is 15.8 Å². The molecule has 8 nitrogen and oxygen atoms in total. The summed E-state index contributed by atoms with van der Waals surface area (Å²) in [6, 6.07) is 12.1. The molecule has 39 heavy (non-hydrogen) atoms. The highest BCUT2D eigenvalue weighted by atomic mass is 35.5. The number of hydrogen-bond acceptors (Lipinski definition) is 5. The Morgan fingerprint density at radius 3 is 2.44 bits per heavy atom. The van der Waals surface area contributed by atoms with Gasteiger partial charge in [-0.05, 0) is 55.9 Å². The van der Waals surface area contributed by atoms with Crippen LogP contribution in [0.15, 0.2) is 54.6 Å². The van der Waals surface area contributed by atoms with E-state index in [9.17, 15) is 22.8 Å². The van der Waals surface area contributed by atoms with Gasteiger partial charge in [0.1, 0.15) is 11.3 Å². The van der Waals surface area contributed by atoms with Crippen LogP contribution in [0.5, 0.6) is 0 Å². The molecule has 3 aromatic carbocycles. The summed E-state index contributed by atoms with van der Waals surface area (Å²) in [6.07, 6.45) is -4.76. The van der Waals surface area contributed by atoms with Gasteiger partial charge in [0, 0.05) is 10.7 Å². The number of aromatic amines is 1. The van der Waals surface area contributed by atoms with Crippen LogP contribution in [-0.2, 0) is 12.7 Å². The van der Waals surface area contributed by atoms with E-state index < -0.39 is 29.1 Å². The minimum absolute atomic E-state index is 0. The summed E-state index contributed by atoms with van der Waals surface area (Å²) >= 11 is 6.16. The van der Waals surface area contributed by atoms with Crippen LogP contribution in [0.1, 0.15) is 37.7 Å². The zero-order valence-corrected chi connectivity index (χ0v) is 22.9. The van der Waals surface area contributed by atoms with Crippen molar-refractivity contribution in [1.82, 2.24) is 15.3 Å². The Morgan fingerprint density at radius 1 is 1.08 bits per heavy atom. The van der Waals surface area contributed by atoms with Gasteiger partial charge in [-0.15, -0.1) is 24.8 Å². The van der Waals surface area contributed by atoms with Crippen molar-refractivity contribution in [2.45, 2.75) is 19.6 Å². The molecule has 208 valence electrons. The summed E-state index contributed by atoms with van der Waals surface area (Å²) < 4.78 is 40.5. The van der Waals surface area contributed by atoms with Crippen molar-refractivity contribution in [1.29, 1.82) is 0 Å². The van der Waals surface area contributed by atoms with Crippen LogP contribution >= 0.6 is 36.4 Å². The minimum Gasteiger partial charge on any atom is -0.341 e. The Labute approximate surface area is 238 Å². The molecule has 0 aliphatic carbocycles. The topological polar surface area (TPSA) is 116 Å². The number of rotatable bonds is 6. The molecule has 0 bridgehead atoms. The summed E-state index contributed by atoms with van der Waals surface area (Å²) in [5.74, 6) is 4.85. The molecule has 0 fully saturated rings. The molecular weight excluding hydrogens is 580 g/mol. The van der Waals surface area contributed by atoms with E-state index >= 15 is 0 Å². The Morgan fingerprint density at radius 2 is 1.77 bits per heavy atom. The average Bonchev–Trinajstić information content (AvgIpc) is 3.27. The molecule has 0 saturated carbocycles. The number of amides is 2. The molecule has 4 rings (SSSR count). The Hall–Kier alpha value is -3.35. The highest BCUT2D eigenvalue weighted by molar-refractivity contribution is 6.31. The van der Waals surface area contributed by atoms with Crippen LogP contribution in [-0.4, -0.2) is 28.8 Å². The molecule has 1 aromatic heterocycles. The third-order valence-corrected chi connectivity index (χ3v) is 6.09. The van der Waals surface area contributed by atoms with Crippen molar-refractivity contribution < 1.29 is 22.8 Å². The van der Waals surface area contributed by atoms with E-state index in [-0.39, 0.29) is 36.1 Å². The molecule has 0 spiro atoms. The molecule has 1 heterocycles. The van der Waals surface area contributed by atoms with Gasteiger partial charge in [0.15, 0.2) is 0 Å². The Bertz CT molecular complexity index is 1510. The molecule has 14 heteroatoms. The van der Waals surface area contributed by atoms with E-state index in [2.05, 4.69) is 20.6 Å². The fourth-order valence-corrected chi connectivity index (χ4v) is 3.99. The molecule has 0 radical (unpaired) electrons. The smallest absolute Gasteiger partial charge is 0.341 e. The normalized spacial score (nSPS) is 10.9. The van der Waals surface area contributed by atoms with E-state index in [0.717, 1.165) is 12.1 Å². The molecule has 0 saturated heterocycles. The van der Waals surface area contributed by atoms with Crippen LogP contribution in [0.4, 0.5) is 24.5 Å². The summed E-state index contributed by atoms with van der Waals surface area (Å²) in [7, 11) is 1.71. The molecule has 0 aliphatic rings. The van der Waals surface area contributed by atoms with E-state index in [4.69, 9.17) is 17.4 Å². The molecule has 2 amide bonds. The third kappa shape index (κ3) is 6.63. The van der Waals surface area contributed by atoms with Crippen LogP contribution in [0.3, 0.4) is 0 Å². The highest BCUT2D eigenvalue weighted by Crippen LogP contribution is 2.33. The number of carbonyl (C=O) groups excluding carboxylic acids is 2. The molecule has 5 N–H and O–H groups in total. The second-order valence-electron chi connectivity index (χ2n) is 8.19. The van der Waals surface area contributed by atoms with Crippen molar-refractivity contribution in [3.8, 4) is 0 Å². The van der Waals surface area contributed by atoms with Gasteiger partial charge in [0.25, 0.3) is 11.8 Å². The maximum Gasteiger partial charge on any atom is 0.417 e. The first-order valence-corrected chi connectivity index (χ1v) is 11.4. The van der Waals surface area contributed by atoms with E-state index in [1.165, 1.54) is 24.3 Å². The van der Waals surface area contributed by atoms with Gasteiger partial charge < -0.3 is 15.6 Å². The van der Waals surface area contributed by atoms with Gasteiger partial charge in [0.2, 0.25) is 0 Å². The first-order chi connectivity index (χ1) is 17.5. The maximum absolute atomic E-state index is 13.5. The van der Waals surface area contributed by atoms with Gasteiger partial charge in [-0.2, -0.15) is 13.2 Å². The van der Waals surface area contributed by atoms with E-state index in [1.54, 1.807) is 32.2 Å². The summed E-state index contributed by atoms with van der Waals surface area (Å²) in [5, 5.41) is 6.74. The SMILES string of the molecule is CNCc1nc2c(C(=O)Nc3cccc(Cl)c3C)cc(N(N)C(=O)c3ccccc3C(F)(F)F)cc2[nH]1.Cl.Cl. The maximum atomic E-state index is 13.5.